The first kappa shape index (κ1) is 16.8. The molecule has 1 N–H and O–H groups in total. The van der Waals surface area contributed by atoms with Gasteiger partial charge in [-0.2, -0.15) is 0 Å². The molecule has 0 spiro atoms. The third kappa shape index (κ3) is 4.28. The summed E-state index contributed by atoms with van der Waals surface area (Å²) in [6, 6.07) is 7.36. The maximum absolute atomic E-state index is 12.1. The Balaban J connectivity index is 1.61. The number of nitro groups is 1. The van der Waals surface area contributed by atoms with Crippen LogP contribution in [-0.4, -0.2) is 33.9 Å². The minimum absolute atomic E-state index is 0.0471. The lowest BCUT2D eigenvalue weighted by atomic mass is 10.1. The number of piperidine rings is 1. The van der Waals surface area contributed by atoms with E-state index in [1.807, 2.05) is 6.07 Å². The average molecular weight is 341 g/mol. The van der Waals surface area contributed by atoms with Gasteiger partial charge in [-0.1, -0.05) is 0 Å². The highest BCUT2D eigenvalue weighted by atomic mass is 16.6. The van der Waals surface area contributed by atoms with Gasteiger partial charge in [0, 0.05) is 37.0 Å². The molecule has 1 aromatic carbocycles. The van der Waals surface area contributed by atoms with Gasteiger partial charge in [0.15, 0.2) is 0 Å². The van der Waals surface area contributed by atoms with Crippen LogP contribution in [0.2, 0.25) is 0 Å². The first-order valence-corrected chi connectivity index (χ1v) is 8.23. The Morgan fingerprint density at radius 1 is 1.16 bits per heavy atom. The Hall–Kier alpha value is -3.03. The Kier molecular flexibility index (Phi) is 5.17. The van der Waals surface area contributed by atoms with E-state index >= 15 is 0 Å². The lowest BCUT2D eigenvalue weighted by Gasteiger charge is -2.27. The normalized spacial score (nSPS) is 14.2. The molecule has 1 aliphatic heterocycles. The summed E-state index contributed by atoms with van der Waals surface area (Å²) in [7, 11) is 0. The summed E-state index contributed by atoms with van der Waals surface area (Å²) in [5, 5.41) is 13.4. The van der Waals surface area contributed by atoms with E-state index in [1.165, 1.54) is 30.7 Å². The monoisotopic (exact) mass is 341 g/mol. The highest BCUT2D eigenvalue weighted by molar-refractivity contribution is 5.94. The molecule has 2 heterocycles. The molecule has 1 aromatic heterocycles. The van der Waals surface area contributed by atoms with Crippen molar-refractivity contribution in [2.24, 2.45) is 0 Å². The van der Waals surface area contributed by atoms with Crippen molar-refractivity contribution in [3.8, 4) is 0 Å². The van der Waals surface area contributed by atoms with Gasteiger partial charge in [-0.05, 0) is 37.5 Å². The second-order valence-electron chi connectivity index (χ2n) is 5.87. The molecule has 2 aromatic rings. The molecule has 3 rings (SSSR count). The number of carbonyl (C=O) groups excluding carboxylic acids is 1. The van der Waals surface area contributed by atoms with Crippen molar-refractivity contribution in [3.63, 3.8) is 0 Å². The largest absolute Gasteiger partial charge is 0.357 e. The topological polar surface area (TPSA) is 101 Å². The van der Waals surface area contributed by atoms with E-state index in [1.54, 1.807) is 6.20 Å². The summed E-state index contributed by atoms with van der Waals surface area (Å²) in [6.45, 7) is 2.19. The molecule has 1 amide bonds. The van der Waals surface area contributed by atoms with Crippen molar-refractivity contribution in [3.05, 3.63) is 58.0 Å². The predicted molar refractivity (Wildman–Crippen MR) is 92.4 cm³/mol. The number of nitrogens with zero attached hydrogens (tertiary/aromatic N) is 4. The van der Waals surface area contributed by atoms with E-state index in [0.717, 1.165) is 31.7 Å². The molecule has 130 valence electrons. The van der Waals surface area contributed by atoms with Crippen molar-refractivity contribution in [2.45, 2.75) is 25.8 Å². The van der Waals surface area contributed by atoms with Crippen LogP contribution in [0.5, 0.6) is 0 Å². The first-order chi connectivity index (χ1) is 12.1. The zero-order chi connectivity index (χ0) is 17.6. The smallest absolute Gasteiger partial charge is 0.269 e. The zero-order valence-corrected chi connectivity index (χ0v) is 13.7. The van der Waals surface area contributed by atoms with Gasteiger partial charge >= 0.3 is 0 Å². The number of anilines is 1. The molecule has 1 saturated heterocycles. The SMILES string of the molecule is O=C(NCc1nccc(N2CCCCC2)n1)c1ccc([N+](=O)[O-])cc1. The van der Waals surface area contributed by atoms with Gasteiger partial charge in [0.1, 0.15) is 11.6 Å². The summed E-state index contributed by atoms with van der Waals surface area (Å²) in [5.41, 5.74) is 0.312. The first-order valence-electron chi connectivity index (χ1n) is 8.23. The number of nitro benzene ring substituents is 1. The standard InChI is InChI=1S/C17H19N5O3/c23-17(13-4-6-14(7-5-13)22(24)25)19-12-15-18-9-8-16(20-15)21-10-2-1-3-11-21/h4-9H,1-3,10-12H2,(H,19,23). The number of rotatable bonds is 5. The lowest BCUT2D eigenvalue weighted by molar-refractivity contribution is -0.384. The van der Waals surface area contributed by atoms with Gasteiger partial charge in [-0.3, -0.25) is 14.9 Å². The highest BCUT2D eigenvalue weighted by Crippen LogP contribution is 2.17. The number of carbonyl (C=O) groups is 1. The molecule has 25 heavy (non-hydrogen) atoms. The molecular formula is C17H19N5O3. The van der Waals surface area contributed by atoms with Gasteiger partial charge < -0.3 is 10.2 Å². The maximum Gasteiger partial charge on any atom is 0.269 e. The van der Waals surface area contributed by atoms with E-state index < -0.39 is 4.92 Å². The van der Waals surface area contributed by atoms with Crippen LogP contribution in [0.25, 0.3) is 0 Å². The summed E-state index contributed by atoms with van der Waals surface area (Å²) in [5.74, 6) is 1.11. The van der Waals surface area contributed by atoms with Crippen LogP contribution >= 0.6 is 0 Å². The number of benzene rings is 1. The molecule has 8 nitrogen and oxygen atoms in total. The van der Waals surface area contributed by atoms with Gasteiger partial charge in [-0.25, -0.2) is 9.97 Å². The molecule has 0 saturated carbocycles. The number of aromatic nitrogens is 2. The fourth-order valence-corrected chi connectivity index (χ4v) is 2.77. The second-order valence-corrected chi connectivity index (χ2v) is 5.87. The van der Waals surface area contributed by atoms with Crippen LogP contribution in [-0.2, 0) is 6.54 Å². The molecule has 0 bridgehead atoms. The molecule has 0 unspecified atom stereocenters. The Bertz CT molecular complexity index is 757. The lowest BCUT2D eigenvalue weighted by Crippen LogP contribution is -2.31. The number of nitrogens with one attached hydrogen (secondary N) is 1. The molecule has 0 radical (unpaired) electrons. The van der Waals surface area contributed by atoms with Crippen LogP contribution in [0.15, 0.2) is 36.5 Å². The van der Waals surface area contributed by atoms with Crippen LogP contribution in [0, 0.1) is 10.1 Å². The van der Waals surface area contributed by atoms with E-state index in [0.29, 0.717) is 11.4 Å². The third-order valence-corrected chi connectivity index (χ3v) is 4.12. The average Bonchev–Trinajstić information content (AvgIpc) is 2.67. The van der Waals surface area contributed by atoms with Gasteiger partial charge in [0.25, 0.3) is 11.6 Å². The summed E-state index contributed by atoms with van der Waals surface area (Å²) in [4.78, 5) is 33.2. The van der Waals surface area contributed by atoms with E-state index in [-0.39, 0.29) is 18.1 Å². The number of hydrogen-bond donors (Lipinski definition) is 1. The van der Waals surface area contributed by atoms with E-state index in [9.17, 15) is 14.9 Å². The second kappa shape index (κ2) is 7.69. The third-order valence-electron chi connectivity index (χ3n) is 4.12. The Morgan fingerprint density at radius 3 is 2.56 bits per heavy atom. The fourth-order valence-electron chi connectivity index (χ4n) is 2.77. The quantitative estimate of drug-likeness (QED) is 0.661. The van der Waals surface area contributed by atoms with Crippen LogP contribution in [0.3, 0.4) is 0 Å². The molecular weight excluding hydrogens is 322 g/mol. The summed E-state index contributed by atoms with van der Waals surface area (Å²) < 4.78 is 0. The number of non-ortho nitro benzene ring substituents is 1. The Morgan fingerprint density at radius 2 is 1.88 bits per heavy atom. The van der Waals surface area contributed by atoms with E-state index in [4.69, 9.17) is 0 Å². The summed E-state index contributed by atoms with van der Waals surface area (Å²) in [6.07, 6.45) is 5.27. The fraction of sp³-hybridized carbons (Fsp3) is 0.353. The molecule has 1 fully saturated rings. The minimum Gasteiger partial charge on any atom is -0.357 e. The van der Waals surface area contributed by atoms with E-state index in [2.05, 4.69) is 20.2 Å². The van der Waals surface area contributed by atoms with Gasteiger partial charge in [0.2, 0.25) is 0 Å². The van der Waals surface area contributed by atoms with Crippen molar-refractivity contribution in [1.82, 2.24) is 15.3 Å². The molecule has 0 atom stereocenters. The zero-order valence-electron chi connectivity index (χ0n) is 13.7. The van der Waals surface area contributed by atoms with Crippen molar-refractivity contribution in [2.75, 3.05) is 18.0 Å². The number of hydrogen-bond acceptors (Lipinski definition) is 6. The predicted octanol–water partition coefficient (Wildman–Crippen LogP) is 2.31. The van der Waals surface area contributed by atoms with Crippen molar-refractivity contribution in [1.29, 1.82) is 0 Å². The molecule has 1 aliphatic rings. The highest BCUT2D eigenvalue weighted by Gasteiger charge is 2.13. The van der Waals surface area contributed by atoms with Gasteiger partial charge in [0.05, 0.1) is 11.5 Å². The number of amides is 1. The van der Waals surface area contributed by atoms with Crippen molar-refractivity contribution < 1.29 is 9.72 Å². The van der Waals surface area contributed by atoms with Gasteiger partial charge in [-0.15, -0.1) is 0 Å². The van der Waals surface area contributed by atoms with Crippen LogP contribution in [0.4, 0.5) is 11.5 Å². The molecule has 0 aliphatic carbocycles. The van der Waals surface area contributed by atoms with Crippen LogP contribution in [0.1, 0.15) is 35.4 Å². The summed E-state index contributed by atoms with van der Waals surface area (Å²) >= 11 is 0. The molecule has 8 heteroatoms. The van der Waals surface area contributed by atoms with Crippen LogP contribution < -0.4 is 10.2 Å². The maximum atomic E-state index is 12.1. The Labute approximate surface area is 145 Å². The van der Waals surface area contributed by atoms with Crippen molar-refractivity contribution >= 4 is 17.4 Å². The minimum atomic E-state index is -0.498.